The number of anilines is 1. The molecule has 2 aliphatic rings. The van der Waals surface area contributed by atoms with Gasteiger partial charge in [-0.3, -0.25) is 9.21 Å². The van der Waals surface area contributed by atoms with Crippen LogP contribution >= 0.6 is 0 Å². The standard InChI is InChI=1S/C15H23N3O4S/c1-13-12-18(14-4-2-5-16-15(14)22-13)23(19,20)11-3-6-17-7-9-21-10-8-17/h2,4-5,13H,3,6-12H2,1H3. The van der Waals surface area contributed by atoms with Gasteiger partial charge in [-0.25, -0.2) is 13.4 Å². The third kappa shape index (κ3) is 3.94. The third-order valence-electron chi connectivity index (χ3n) is 4.07. The van der Waals surface area contributed by atoms with Crippen LogP contribution in [0.2, 0.25) is 0 Å². The maximum atomic E-state index is 12.7. The Balaban J connectivity index is 1.65. The second kappa shape index (κ2) is 7.02. The summed E-state index contributed by atoms with van der Waals surface area (Å²) in [6, 6.07) is 3.47. The fourth-order valence-corrected chi connectivity index (χ4v) is 4.48. The van der Waals surface area contributed by atoms with Gasteiger partial charge in [-0.05, 0) is 32.0 Å². The fourth-order valence-electron chi connectivity index (χ4n) is 2.89. The van der Waals surface area contributed by atoms with Crippen LogP contribution in [0.25, 0.3) is 0 Å². The molecule has 0 aliphatic carbocycles. The van der Waals surface area contributed by atoms with E-state index >= 15 is 0 Å². The number of hydrogen-bond acceptors (Lipinski definition) is 6. The first-order valence-electron chi connectivity index (χ1n) is 7.98. The first-order chi connectivity index (χ1) is 11.1. The molecule has 128 valence electrons. The van der Waals surface area contributed by atoms with Gasteiger partial charge in [-0.2, -0.15) is 0 Å². The molecule has 0 amide bonds. The molecule has 8 heteroatoms. The van der Waals surface area contributed by atoms with E-state index in [4.69, 9.17) is 9.47 Å². The van der Waals surface area contributed by atoms with Gasteiger partial charge in [0, 0.05) is 19.3 Å². The molecule has 1 unspecified atom stereocenters. The Bertz CT molecular complexity index is 631. The van der Waals surface area contributed by atoms with Crippen molar-refractivity contribution in [2.75, 3.05) is 49.5 Å². The highest BCUT2D eigenvalue weighted by Crippen LogP contribution is 2.32. The highest BCUT2D eigenvalue weighted by Gasteiger charge is 2.32. The molecule has 0 radical (unpaired) electrons. The molecule has 1 saturated heterocycles. The van der Waals surface area contributed by atoms with E-state index in [9.17, 15) is 8.42 Å². The van der Waals surface area contributed by atoms with Crippen LogP contribution in [0.1, 0.15) is 13.3 Å². The first kappa shape index (κ1) is 16.5. The van der Waals surface area contributed by atoms with Crippen LogP contribution in [-0.4, -0.2) is 69.6 Å². The molecule has 1 aromatic heterocycles. The van der Waals surface area contributed by atoms with Crippen molar-refractivity contribution < 1.29 is 17.9 Å². The lowest BCUT2D eigenvalue weighted by Gasteiger charge is -2.33. The normalized spacial score (nSPS) is 22.5. The van der Waals surface area contributed by atoms with Gasteiger partial charge in [0.1, 0.15) is 11.8 Å². The van der Waals surface area contributed by atoms with Gasteiger partial charge in [0.15, 0.2) is 0 Å². The zero-order chi connectivity index (χ0) is 16.3. The van der Waals surface area contributed by atoms with Crippen molar-refractivity contribution in [3.05, 3.63) is 18.3 Å². The summed E-state index contributed by atoms with van der Waals surface area (Å²) in [6.45, 7) is 6.18. The van der Waals surface area contributed by atoms with Crippen molar-refractivity contribution >= 4 is 15.7 Å². The van der Waals surface area contributed by atoms with Crippen molar-refractivity contribution in [3.63, 3.8) is 0 Å². The van der Waals surface area contributed by atoms with E-state index in [1.807, 2.05) is 6.92 Å². The van der Waals surface area contributed by atoms with E-state index in [0.717, 1.165) is 32.8 Å². The average Bonchev–Trinajstić information content (AvgIpc) is 2.55. The molecule has 3 rings (SSSR count). The van der Waals surface area contributed by atoms with Crippen LogP contribution in [0.5, 0.6) is 5.88 Å². The van der Waals surface area contributed by atoms with Crippen LogP contribution in [-0.2, 0) is 14.8 Å². The molecule has 2 aliphatic heterocycles. The molecule has 7 nitrogen and oxygen atoms in total. The molecule has 0 saturated carbocycles. The molecule has 1 atom stereocenters. The number of aromatic nitrogens is 1. The summed E-state index contributed by atoms with van der Waals surface area (Å²) in [5, 5.41) is 0. The third-order valence-corrected chi connectivity index (χ3v) is 5.89. The number of morpholine rings is 1. The molecule has 1 aromatic rings. The quantitative estimate of drug-likeness (QED) is 0.786. The van der Waals surface area contributed by atoms with Crippen molar-refractivity contribution in [2.45, 2.75) is 19.4 Å². The van der Waals surface area contributed by atoms with E-state index in [2.05, 4.69) is 9.88 Å². The summed E-state index contributed by atoms with van der Waals surface area (Å²) in [7, 11) is -3.38. The van der Waals surface area contributed by atoms with Gasteiger partial charge in [0.25, 0.3) is 0 Å². The number of nitrogens with zero attached hydrogens (tertiary/aromatic N) is 3. The van der Waals surface area contributed by atoms with Crippen LogP contribution < -0.4 is 9.04 Å². The summed E-state index contributed by atoms with van der Waals surface area (Å²) < 4.78 is 37.8. The summed E-state index contributed by atoms with van der Waals surface area (Å²) in [4.78, 5) is 6.38. The first-order valence-corrected chi connectivity index (χ1v) is 9.59. The lowest BCUT2D eigenvalue weighted by Crippen LogP contribution is -2.44. The molecule has 0 N–H and O–H groups in total. The Morgan fingerprint density at radius 3 is 2.91 bits per heavy atom. The van der Waals surface area contributed by atoms with E-state index in [1.165, 1.54) is 4.31 Å². The van der Waals surface area contributed by atoms with Gasteiger partial charge in [0.05, 0.1) is 25.5 Å². The number of sulfonamides is 1. The fraction of sp³-hybridized carbons (Fsp3) is 0.667. The highest BCUT2D eigenvalue weighted by molar-refractivity contribution is 7.92. The maximum Gasteiger partial charge on any atom is 0.238 e. The second-order valence-electron chi connectivity index (χ2n) is 5.91. The molecule has 23 heavy (non-hydrogen) atoms. The van der Waals surface area contributed by atoms with Gasteiger partial charge < -0.3 is 9.47 Å². The molecule has 3 heterocycles. The molecule has 1 fully saturated rings. The van der Waals surface area contributed by atoms with Gasteiger partial charge in [-0.1, -0.05) is 0 Å². The van der Waals surface area contributed by atoms with Gasteiger partial charge in [0.2, 0.25) is 15.9 Å². The van der Waals surface area contributed by atoms with Gasteiger partial charge in [-0.15, -0.1) is 0 Å². The van der Waals surface area contributed by atoms with Crippen molar-refractivity contribution in [1.29, 1.82) is 0 Å². The molecule has 0 aromatic carbocycles. The van der Waals surface area contributed by atoms with Crippen molar-refractivity contribution in [2.24, 2.45) is 0 Å². The number of hydrogen-bond donors (Lipinski definition) is 0. The lowest BCUT2D eigenvalue weighted by atomic mass is 10.3. The number of pyridine rings is 1. The zero-order valence-corrected chi connectivity index (χ0v) is 14.2. The minimum Gasteiger partial charge on any atom is -0.471 e. The smallest absolute Gasteiger partial charge is 0.238 e. The van der Waals surface area contributed by atoms with E-state index in [0.29, 0.717) is 24.5 Å². The van der Waals surface area contributed by atoms with Crippen LogP contribution in [0.4, 0.5) is 5.69 Å². The SMILES string of the molecule is CC1CN(S(=O)(=O)CCCN2CCOCC2)c2cccnc2O1. The Morgan fingerprint density at radius 2 is 2.13 bits per heavy atom. The number of fused-ring (bicyclic) bond motifs is 1. The van der Waals surface area contributed by atoms with Crippen LogP contribution in [0.3, 0.4) is 0 Å². The molecular formula is C15H23N3O4S. The number of rotatable bonds is 5. The summed E-state index contributed by atoms with van der Waals surface area (Å²) >= 11 is 0. The Morgan fingerprint density at radius 1 is 1.35 bits per heavy atom. The summed E-state index contributed by atoms with van der Waals surface area (Å²) in [6.07, 6.45) is 2.02. The molecular weight excluding hydrogens is 318 g/mol. The molecule has 0 bridgehead atoms. The average molecular weight is 341 g/mol. The monoisotopic (exact) mass is 341 g/mol. The van der Waals surface area contributed by atoms with Crippen molar-refractivity contribution in [1.82, 2.24) is 9.88 Å². The summed E-state index contributed by atoms with van der Waals surface area (Å²) in [5.41, 5.74) is 0.539. The van der Waals surface area contributed by atoms with Crippen molar-refractivity contribution in [3.8, 4) is 5.88 Å². The van der Waals surface area contributed by atoms with Crippen LogP contribution in [0, 0.1) is 0 Å². The van der Waals surface area contributed by atoms with E-state index in [-0.39, 0.29) is 11.9 Å². The maximum absolute atomic E-state index is 12.7. The predicted molar refractivity (Wildman–Crippen MR) is 87.3 cm³/mol. The minimum atomic E-state index is -3.38. The minimum absolute atomic E-state index is 0.130. The summed E-state index contributed by atoms with van der Waals surface area (Å²) in [5.74, 6) is 0.522. The Kier molecular flexibility index (Phi) is 5.03. The Hall–Kier alpha value is -1.38. The Labute approximate surface area is 137 Å². The van der Waals surface area contributed by atoms with E-state index < -0.39 is 10.0 Å². The van der Waals surface area contributed by atoms with E-state index in [1.54, 1.807) is 18.3 Å². The lowest BCUT2D eigenvalue weighted by molar-refractivity contribution is 0.0381. The molecule has 0 spiro atoms. The zero-order valence-electron chi connectivity index (χ0n) is 13.3. The topological polar surface area (TPSA) is 72.0 Å². The van der Waals surface area contributed by atoms with Gasteiger partial charge >= 0.3 is 0 Å². The largest absolute Gasteiger partial charge is 0.471 e. The second-order valence-corrected chi connectivity index (χ2v) is 7.92. The predicted octanol–water partition coefficient (Wildman–Crippen LogP) is 0.721. The van der Waals surface area contributed by atoms with Crippen LogP contribution in [0.15, 0.2) is 18.3 Å². The highest BCUT2D eigenvalue weighted by atomic mass is 32.2. The number of ether oxygens (including phenoxy) is 2.